The zero-order valence-corrected chi connectivity index (χ0v) is 10.8. The minimum Gasteiger partial charge on any atom is -0.480 e. The molecule has 8 heteroatoms. The van der Waals surface area contributed by atoms with Crippen molar-refractivity contribution in [1.82, 2.24) is 15.1 Å². The van der Waals surface area contributed by atoms with Crippen molar-refractivity contribution in [3.8, 4) is 0 Å². The molecule has 8 nitrogen and oxygen atoms in total. The number of anilines is 1. The Morgan fingerprint density at radius 2 is 2.16 bits per heavy atom. The van der Waals surface area contributed by atoms with Gasteiger partial charge in [-0.05, 0) is 13.8 Å². The SMILES string of the molecule is CC(C)n1cc(NC(=O)NC(CCO)C(=O)O)cn1. The number of aliphatic hydroxyl groups is 1. The number of aliphatic carboxylic acids is 1. The first-order chi connectivity index (χ1) is 8.93. The van der Waals surface area contributed by atoms with Crippen molar-refractivity contribution in [3.05, 3.63) is 12.4 Å². The predicted octanol–water partition coefficient (Wildman–Crippen LogP) is 0.421. The molecule has 0 aliphatic heterocycles. The number of hydrogen-bond acceptors (Lipinski definition) is 4. The highest BCUT2D eigenvalue weighted by Crippen LogP contribution is 2.09. The Labute approximate surface area is 110 Å². The van der Waals surface area contributed by atoms with Gasteiger partial charge >= 0.3 is 12.0 Å². The van der Waals surface area contributed by atoms with Gasteiger partial charge in [-0.25, -0.2) is 9.59 Å². The van der Waals surface area contributed by atoms with Gasteiger partial charge in [-0.3, -0.25) is 4.68 Å². The summed E-state index contributed by atoms with van der Waals surface area (Å²) in [6, 6.07) is -1.60. The molecular weight excluding hydrogens is 252 g/mol. The van der Waals surface area contributed by atoms with E-state index < -0.39 is 18.0 Å². The van der Waals surface area contributed by atoms with E-state index in [-0.39, 0.29) is 19.1 Å². The predicted molar refractivity (Wildman–Crippen MR) is 67.9 cm³/mol. The van der Waals surface area contributed by atoms with Crippen LogP contribution in [0.15, 0.2) is 12.4 Å². The topological polar surface area (TPSA) is 116 Å². The summed E-state index contributed by atoms with van der Waals surface area (Å²) >= 11 is 0. The normalized spacial score (nSPS) is 12.2. The van der Waals surface area contributed by atoms with Crippen LogP contribution < -0.4 is 10.6 Å². The van der Waals surface area contributed by atoms with Crippen LogP contribution in [0.1, 0.15) is 26.3 Å². The first kappa shape index (κ1) is 15.0. The molecule has 0 bridgehead atoms. The van der Waals surface area contributed by atoms with Crippen molar-refractivity contribution in [2.75, 3.05) is 11.9 Å². The molecule has 4 N–H and O–H groups in total. The van der Waals surface area contributed by atoms with Crippen molar-refractivity contribution in [2.24, 2.45) is 0 Å². The van der Waals surface area contributed by atoms with Crippen LogP contribution in [-0.2, 0) is 4.79 Å². The molecule has 1 atom stereocenters. The number of urea groups is 1. The Morgan fingerprint density at radius 3 is 2.63 bits per heavy atom. The molecule has 1 aromatic rings. The standard InChI is InChI=1S/C11H18N4O4/c1-7(2)15-6-8(5-12-15)13-11(19)14-9(3-4-16)10(17)18/h5-7,9,16H,3-4H2,1-2H3,(H,17,18)(H2,13,14,19). The Bertz CT molecular complexity index is 444. The van der Waals surface area contributed by atoms with Crippen LogP contribution >= 0.6 is 0 Å². The monoisotopic (exact) mass is 270 g/mol. The summed E-state index contributed by atoms with van der Waals surface area (Å²) in [6.45, 7) is 3.57. The quantitative estimate of drug-likeness (QED) is 0.597. The van der Waals surface area contributed by atoms with Crippen LogP contribution in [0.5, 0.6) is 0 Å². The molecule has 1 rings (SSSR count). The lowest BCUT2D eigenvalue weighted by Crippen LogP contribution is -2.43. The number of carboxylic acid groups (broad SMARTS) is 1. The molecule has 0 aliphatic carbocycles. The van der Waals surface area contributed by atoms with E-state index in [1.54, 1.807) is 10.9 Å². The van der Waals surface area contributed by atoms with Crippen LogP contribution in [0, 0.1) is 0 Å². The second kappa shape index (κ2) is 6.74. The van der Waals surface area contributed by atoms with Crippen LogP contribution in [0.25, 0.3) is 0 Å². The van der Waals surface area contributed by atoms with Crippen molar-refractivity contribution in [3.63, 3.8) is 0 Å². The first-order valence-electron chi connectivity index (χ1n) is 5.89. The first-order valence-corrected chi connectivity index (χ1v) is 5.89. The molecule has 0 fully saturated rings. The van der Waals surface area contributed by atoms with E-state index in [9.17, 15) is 9.59 Å². The van der Waals surface area contributed by atoms with Gasteiger partial charge in [0.15, 0.2) is 0 Å². The molecule has 1 heterocycles. The number of rotatable bonds is 6. The fourth-order valence-electron chi connectivity index (χ4n) is 1.40. The summed E-state index contributed by atoms with van der Waals surface area (Å²) in [5, 5.41) is 26.3. The van der Waals surface area contributed by atoms with Crippen LogP contribution in [-0.4, -0.2) is 44.6 Å². The smallest absolute Gasteiger partial charge is 0.326 e. The minimum atomic E-state index is -1.19. The molecule has 0 aromatic carbocycles. The van der Waals surface area contributed by atoms with Gasteiger partial charge in [0.25, 0.3) is 0 Å². The van der Waals surface area contributed by atoms with Gasteiger partial charge in [-0.1, -0.05) is 0 Å². The van der Waals surface area contributed by atoms with Crippen molar-refractivity contribution in [1.29, 1.82) is 0 Å². The zero-order valence-electron chi connectivity index (χ0n) is 10.8. The lowest BCUT2D eigenvalue weighted by molar-refractivity contribution is -0.139. The molecule has 19 heavy (non-hydrogen) atoms. The molecule has 0 aliphatic rings. The highest BCUT2D eigenvalue weighted by Gasteiger charge is 2.19. The molecule has 0 saturated carbocycles. The number of carbonyl (C=O) groups excluding carboxylic acids is 1. The van der Waals surface area contributed by atoms with E-state index in [2.05, 4.69) is 15.7 Å². The lowest BCUT2D eigenvalue weighted by Gasteiger charge is -2.13. The van der Waals surface area contributed by atoms with E-state index in [0.717, 1.165) is 0 Å². The highest BCUT2D eigenvalue weighted by molar-refractivity contribution is 5.91. The van der Waals surface area contributed by atoms with Gasteiger partial charge in [0, 0.05) is 25.3 Å². The van der Waals surface area contributed by atoms with Crippen molar-refractivity contribution >= 4 is 17.7 Å². The number of carboxylic acids is 1. The Morgan fingerprint density at radius 1 is 1.47 bits per heavy atom. The molecule has 106 valence electrons. The number of aromatic nitrogens is 2. The van der Waals surface area contributed by atoms with Crippen molar-refractivity contribution in [2.45, 2.75) is 32.4 Å². The van der Waals surface area contributed by atoms with Gasteiger partial charge in [0.2, 0.25) is 0 Å². The third kappa shape index (κ3) is 4.59. The maximum atomic E-state index is 11.6. The van der Waals surface area contributed by atoms with E-state index in [0.29, 0.717) is 5.69 Å². The number of hydrogen-bond donors (Lipinski definition) is 4. The van der Waals surface area contributed by atoms with Gasteiger partial charge in [0.05, 0.1) is 11.9 Å². The van der Waals surface area contributed by atoms with E-state index in [4.69, 9.17) is 10.2 Å². The largest absolute Gasteiger partial charge is 0.480 e. The lowest BCUT2D eigenvalue weighted by atomic mass is 10.2. The van der Waals surface area contributed by atoms with Gasteiger partial charge < -0.3 is 20.8 Å². The Kier molecular flexibility index (Phi) is 5.31. The summed E-state index contributed by atoms with van der Waals surface area (Å²) in [5.74, 6) is -1.19. The van der Waals surface area contributed by atoms with Gasteiger partial charge in [-0.15, -0.1) is 0 Å². The second-order valence-corrected chi connectivity index (χ2v) is 4.30. The summed E-state index contributed by atoms with van der Waals surface area (Å²) in [4.78, 5) is 22.4. The maximum absolute atomic E-state index is 11.6. The van der Waals surface area contributed by atoms with Crippen molar-refractivity contribution < 1.29 is 19.8 Å². The molecule has 0 saturated heterocycles. The van der Waals surface area contributed by atoms with Gasteiger partial charge in [0.1, 0.15) is 6.04 Å². The zero-order chi connectivity index (χ0) is 14.4. The van der Waals surface area contributed by atoms with Crippen LogP contribution in [0.2, 0.25) is 0 Å². The van der Waals surface area contributed by atoms with Crippen LogP contribution in [0.3, 0.4) is 0 Å². The molecule has 0 radical (unpaired) electrons. The third-order valence-electron chi connectivity index (χ3n) is 2.41. The third-order valence-corrected chi connectivity index (χ3v) is 2.41. The van der Waals surface area contributed by atoms with E-state index >= 15 is 0 Å². The van der Waals surface area contributed by atoms with Crippen LogP contribution in [0.4, 0.5) is 10.5 Å². The number of carbonyl (C=O) groups is 2. The number of aliphatic hydroxyl groups excluding tert-OH is 1. The fourth-order valence-corrected chi connectivity index (χ4v) is 1.40. The molecular formula is C11H18N4O4. The molecule has 1 aromatic heterocycles. The highest BCUT2D eigenvalue weighted by atomic mass is 16.4. The summed E-state index contributed by atoms with van der Waals surface area (Å²) < 4.78 is 1.66. The fraction of sp³-hybridized carbons (Fsp3) is 0.545. The molecule has 0 spiro atoms. The number of nitrogens with zero attached hydrogens (tertiary/aromatic N) is 2. The maximum Gasteiger partial charge on any atom is 0.326 e. The summed E-state index contributed by atoms with van der Waals surface area (Å²) in [6.07, 6.45) is 3.07. The van der Waals surface area contributed by atoms with E-state index in [1.165, 1.54) is 6.20 Å². The second-order valence-electron chi connectivity index (χ2n) is 4.30. The number of amides is 2. The van der Waals surface area contributed by atoms with E-state index in [1.807, 2.05) is 13.8 Å². The Hall–Kier alpha value is -2.09. The summed E-state index contributed by atoms with van der Waals surface area (Å²) in [5.41, 5.74) is 0.472. The molecule has 2 amide bonds. The minimum absolute atomic E-state index is 0.0476. The van der Waals surface area contributed by atoms with Gasteiger partial charge in [-0.2, -0.15) is 5.10 Å². The number of nitrogens with one attached hydrogen (secondary N) is 2. The summed E-state index contributed by atoms with van der Waals surface area (Å²) in [7, 11) is 0. The Balaban J connectivity index is 2.56. The average Bonchev–Trinajstić information content (AvgIpc) is 2.76. The molecule has 1 unspecified atom stereocenters. The average molecular weight is 270 g/mol.